The van der Waals surface area contributed by atoms with Crippen molar-refractivity contribution in [1.29, 1.82) is 0 Å². The number of benzene rings is 1. The summed E-state index contributed by atoms with van der Waals surface area (Å²) in [5, 5.41) is 0.321. The molecule has 3 aromatic rings. The minimum absolute atomic E-state index is 0.321. The van der Waals surface area contributed by atoms with Gasteiger partial charge in [0.15, 0.2) is 10.9 Å². The zero-order valence-corrected chi connectivity index (χ0v) is 12.6. The van der Waals surface area contributed by atoms with Crippen LogP contribution in [0.5, 0.6) is 5.75 Å². The fraction of sp³-hybridized carbons (Fsp3) is 0.267. The van der Waals surface area contributed by atoms with E-state index < -0.39 is 0 Å². The second kappa shape index (κ2) is 5.69. The molecule has 0 bridgehead atoms. The summed E-state index contributed by atoms with van der Waals surface area (Å²) in [5.41, 5.74) is 2.84. The summed E-state index contributed by atoms with van der Waals surface area (Å²) >= 11 is 6.04. The van der Waals surface area contributed by atoms with Gasteiger partial charge in [0, 0.05) is 6.54 Å². The normalized spacial score (nSPS) is 11.0. The van der Waals surface area contributed by atoms with Crippen molar-refractivity contribution in [2.24, 2.45) is 0 Å². The molecule has 0 aliphatic rings. The Morgan fingerprint density at radius 3 is 2.81 bits per heavy atom. The van der Waals surface area contributed by atoms with E-state index in [9.17, 15) is 0 Å². The molecule has 1 aromatic carbocycles. The molecular formula is C15H15ClN4O. The Bertz CT molecular complexity index is 784. The third-order valence-corrected chi connectivity index (χ3v) is 3.68. The summed E-state index contributed by atoms with van der Waals surface area (Å²) in [4.78, 5) is 12.9. The number of halogens is 1. The van der Waals surface area contributed by atoms with Gasteiger partial charge in [0.1, 0.15) is 12.2 Å². The molecule has 0 unspecified atom stereocenters. The summed E-state index contributed by atoms with van der Waals surface area (Å²) < 4.78 is 7.47. The zero-order valence-electron chi connectivity index (χ0n) is 11.9. The topological polar surface area (TPSA) is 52.8 Å². The Morgan fingerprint density at radius 2 is 2.05 bits per heavy atom. The Balaban J connectivity index is 2.08. The molecule has 2 heterocycles. The zero-order chi connectivity index (χ0) is 14.8. The number of aryl methyl sites for hydroxylation is 1. The van der Waals surface area contributed by atoms with Gasteiger partial charge in [-0.1, -0.05) is 23.7 Å². The molecule has 6 heteroatoms. The van der Waals surface area contributed by atoms with Crippen molar-refractivity contribution in [1.82, 2.24) is 19.5 Å². The lowest BCUT2D eigenvalue weighted by atomic mass is 10.2. The molecule has 2 aromatic heterocycles. The summed E-state index contributed by atoms with van der Waals surface area (Å²) in [6, 6.07) is 8.08. The average Bonchev–Trinajstić information content (AvgIpc) is 2.84. The smallest absolute Gasteiger partial charge is 0.178 e. The van der Waals surface area contributed by atoms with Crippen molar-refractivity contribution in [3.63, 3.8) is 0 Å². The van der Waals surface area contributed by atoms with E-state index in [1.165, 1.54) is 6.33 Å². The van der Waals surface area contributed by atoms with E-state index in [-0.39, 0.29) is 0 Å². The Labute approximate surface area is 127 Å². The standard InChI is InChI=1S/C15H15ClN4O/c1-3-20-12-7-5-4-6-10(12)19-13(20)8-11-14(21-2)15(16)18-9-17-11/h4-7,9H,3,8H2,1-2H3. The first-order valence-electron chi connectivity index (χ1n) is 6.72. The molecule has 0 amide bonds. The first-order valence-corrected chi connectivity index (χ1v) is 7.10. The average molecular weight is 303 g/mol. The van der Waals surface area contributed by atoms with Crippen LogP contribution in [0, 0.1) is 0 Å². The van der Waals surface area contributed by atoms with E-state index >= 15 is 0 Å². The van der Waals surface area contributed by atoms with Crippen molar-refractivity contribution in [3.05, 3.63) is 47.3 Å². The van der Waals surface area contributed by atoms with Crippen LogP contribution in [0.15, 0.2) is 30.6 Å². The number of methoxy groups -OCH3 is 1. The maximum atomic E-state index is 6.04. The van der Waals surface area contributed by atoms with Gasteiger partial charge in [-0.2, -0.15) is 0 Å². The molecule has 108 valence electrons. The van der Waals surface area contributed by atoms with Crippen molar-refractivity contribution in [2.75, 3.05) is 7.11 Å². The first-order chi connectivity index (χ1) is 10.2. The number of nitrogens with zero attached hydrogens (tertiary/aromatic N) is 4. The van der Waals surface area contributed by atoms with Crippen molar-refractivity contribution in [3.8, 4) is 5.75 Å². The molecule has 5 nitrogen and oxygen atoms in total. The number of fused-ring (bicyclic) bond motifs is 1. The SMILES string of the molecule is CCn1c(Cc2ncnc(Cl)c2OC)nc2ccccc21. The summed E-state index contributed by atoms with van der Waals surface area (Å²) in [6.07, 6.45) is 1.99. The van der Waals surface area contributed by atoms with Crippen LogP contribution in [0.4, 0.5) is 0 Å². The van der Waals surface area contributed by atoms with Gasteiger partial charge in [-0.3, -0.25) is 0 Å². The molecule has 0 atom stereocenters. The number of hydrogen-bond donors (Lipinski definition) is 0. The maximum absolute atomic E-state index is 6.04. The van der Waals surface area contributed by atoms with E-state index in [1.807, 2.05) is 18.2 Å². The van der Waals surface area contributed by atoms with Crippen molar-refractivity contribution < 1.29 is 4.74 Å². The monoisotopic (exact) mass is 302 g/mol. The third-order valence-electron chi connectivity index (χ3n) is 3.41. The van der Waals surface area contributed by atoms with Crippen LogP contribution < -0.4 is 4.74 Å². The highest BCUT2D eigenvalue weighted by Crippen LogP contribution is 2.27. The van der Waals surface area contributed by atoms with Gasteiger partial charge < -0.3 is 9.30 Å². The Kier molecular flexibility index (Phi) is 3.75. The lowest BCUT2D eigenvalue weighted by Gasteiger charge is -2.09. The van der Waals surface area contributed by atoms with Gasteiger partial charge in [-0.05, 0) is 19.1 Å². The minimum atomic E-state index is 0.321. The molecule has 0 saturated carbocycles. The highest BCUT2D eigenvalue weighted by atomic mass is 35.5. The summed E-state index contributed by atoms with van der Waals surface area (Å²) in [7, 11) is 1.57. The molecule has 0 aliphatic carbocycles. The maximum Gasteiger partial charge on any atom is 0.178 e. The molecule has 3 rings (SSSR count). The van der Waals surface area contributed by atoms with Crippen LogP contribution in [0.1, 0.15) is 18.4 Å². The number of aromatic nitrogens is 4. The molecule has 0 aliphatic heterocycles. The van der Waals surface area contributed by atoms with Gasteiger partial charge in [-0.25, -0.2) is 15.0 Å². The lowest BCUT2D eigenvalue weighted by molar-refractivity contribution is 0.405. The lowest BCUT2D eigenvalue weighted by Crippen LogP contribution is -2.06. The van der Waals surface area contributed by atoms with E-state index in [2.05, 4.69) is 32.5 Å². The quantitative estimate of drug-likeness (QED) is 0.695. The number of para-hydroxylation sites is 2. The number of imidazole rings is 1. The predicted octanol–water partition coefficient (Wildman–Crippen LogP) is 3.10. The number of ether oxygens (including phenoxy) is 1. The molecule has 0 N–H and O–H groups in total. The van der Waals surface area contributed by atoms with Crippen LogP contribution >= 0.6 is 11.6 Å². The fourth-order valence-corrected chi connectivity index (χ4v) is 2.71. The van der Waals surface area contributed by atoms with Crippen molar-refractivity contribution in [2.45, 2.75) is 19.9 Å². The summed E-state index contributed by atoms with van der Waals surface area (Å²) in [5.74, 6) is 1.45. The number of rotatable bonds is 4. The summed E-state index contributed by atoms with van der Waals surface area (Å²) in [6.45, 7) is 2.94. The van der Waals surface area contributed by atoms with Crippen LogP contribution in [0.3, 0.4) is 0 Å². The van der Waals surface area contributed by atoms with E-state index in [0.29, 0.717) is 17.3 Å². The molecule has 0 fully saturated rings. The van der Waals surface area contributed by atoms with Gasteiger partial charge in [-0.15, -0.1) is 0 Å². The van der Waals surface area contributed by atoms with E-state index in [4.69, 9.17) is 16.3 Å². The Morgan fingerprint density at radius 1 is 1.24 bits per heavy atom. The van der Waals surface area contributed by atoms with Gasteiger partial charge in [0.2, 0.25) is 0 Å². The van der Waals surface area contributed by atoms with Crippen LogP contribution in [-0.4, -0.2) is 26.6 Å². The van der Waals surface area contributed by atoms with Gasteiger partial charge >= 0.3 is 0 Å². The molecule has 21 heavy (non-hydrogen) atoms. The van der Waals surface area contributed by atoms with Gasteiger partial charge in [0.25, 0.3) is 0 Å². The second-order valence-corrected chi connectivity index (χ2v) is 4.94. The van der Waals surface area contributed by atoms with E-state index in [1.54, 1.807) is 7.11 Å². The second-order valence-electron chi connectivity index (χ2n) is 4.58. The van der Waals surface area contributed by atoms with Crippen molar-refractivity contribution >= 4 is 22.6 Å². The fourth-order valence-electron chi connectivity index (χ4n) is 2.48. The number of hydrogen-bond acceptors (Lipinski definition) is 4. The largest absolute Gasteiger partial charge is 0.492 e. The molecule has 0 saturated heterocycles. The molecule has 0 spiro atoms. The van der Waals surface area contributed by atoms with Crippen LogP contribution in [0.2, 0.25) is 5.15 Å². The molecular weight excluding hydrogens is 288 g/mol. The highest BCUT2D eigenvalue weighted by molar-refractivity contribution is 6.30. The molecule has 0 radical (unpaired) electrons. The first kappa shape index (κ1) is 13.8. The van der Waals surface area contributed by atoms with E-state index in [0.717, 1.165) is 29.1 Å². The Hall–Kier alpha value is -2.14. The van der Waals surface area contributed by atoms with Gasteiger partial charge in [0.05, 0.1) is 30.3 Å². The highest BCUT2D eigenvalue weighted by Gasteiger charge is 2.15. The minimum Gasteiger partial charge on any atom is -0.492 e. The predicted molar refractivity (Wildman–Crippen MR) is 81.8 cm³/mol. The van der Waals surface area contributed by atoms with Crippen LogP contribution in [-0.2, 0) is 13.0 Å². The van der Waals surface area contributed by atoms with Crippen LogP contribution in [0.25, 0.3) is 11.0 Å². The third kappa shape index (κ3) is 2.45.